The van der Waals surface area contributed by atoms with E-state index >= 15 is 0 Å². The van der Waals surface area contributed by atoms with E-state index in [1.54, 1.807) is 25.1 Å². The lowest BCUT2D eigenvalue weighted by atomic mass is 9.94. The van der Waals surface area contributed by atoms with Crippen molar-refractivity contribution in [2.45, 2.75) is 19.2 Å². The third kappa shape index (κ3) is 2.82. The van der Waals surface area contributed by atoms with Crippen LogP contribution in [0.25, 0.3) is 11.1 Å². The summed E-state index contributed by atoms with van der Waals surface area (Å²) < 4.78 is 51.9. The van der Waals surface area contributed by atoms with E-state index in [0.717, 1.165) is 23.8 Å². The van der Waals surface area contributed by atoms with Crippen molar-refractivity contribution in [1.29, 1.82) is 0 Å². The van der Waals surface area contributed by atoms with Gasteiger partial charge in [0.2, 0.25) is 0 Å². The van der Waals surface area contributed by atoms with Gasteiger partial charge in [-0.1, -0.05) is 42.0 Å². The Labute approximate surface area is 113 Å². The number of aryl methyl sites for hydroxylation is 1. The van der Waals surface area contributed by atoms with Gasteiger partial charge >= 0.3 is 6.18 Å². The largest absolute Gasteiger partial charge is 0.418 e. The molecule has 106 valence electrons. The van der Waals surface area contributed by atoms with Crippen LogP contribution in [0.5, 0.6) is 0 Å². The summed E-state index contributed by atoms with van der Waals surface area (Å²) in [5.41, 5.74) is 0.392. The molecule has 1 unspecified atom stereocenters. The average Bonchev–Trinajstić information content (AvgIpc) is 2.36. The molecule has 0 aliphatic carbocycles. The molecule has 0 spiro atoms. The van der Waals surface area contributed by atoms with Gasteiger partial charge in [-0.25, -0.2) is 4.39 Å². The van der Waals surface area contributed by atoms with Gasteiger partial charge in [0.1, 0.15) is 5.82 Å². The lowest BCUT2D eigenvalue weighted by Gasteiger charge is -2.19. The smallest absolute Gasteiger partial charge is 0.379 e. The van der Waals surface area contributed by atoms with Gasteiger partial charge in [0.05, 0.1) is 0 Å². The molecular weight excluding hydrogens is 272 g/mol. The molecule has 0 heterocycles. The highest BCUT2D eigenvalue weighted by molar-refractivity contribution is 5.69. The molecular formula is C15H12F4O. The molecule has 2 aromatic rings. The summed E-state index contributed by atoms with van der Waals surface area (Å²) in [6.45, 7) is 1.75. The molecule has 5 heteroatoms. The SMILES string of the molecule is Cc1cccc(-c2c(F)cccc2C(O)C(F)(F)F)c1. The van der Waals surface area contributed by atoms with Crippen molar-refractivity contribution in [2.24, 2.45) is 0 Å². The Morgan fingerprint density at radius 2 is 1.70 bits per heavy atom. The van der Waals surface area contributed by atoms with Gasteiger partial charge in [-0.15, -0.1) is 0 Å². The van der Waals surface area contributed by atoms with Crippen molar-refractivity contribution < 1.29 is 22.7 Å². The number of hydrogen-bond acceptors (Lipinski definition) is 1. The van der Waals surface area contributed by atoms with Gasteiger partial charge in [0, 0.05) is 11.1 Å². The monoisotopic (exact) mass is 284 g/mol. The van der Waals surface area contributed by atoms with Crippen LogP contribution in [0.2, 0.25) is 0 Å². The van der Waals surface area contributed by atoms with Crippen LogP contribution in [-0.2, 0) is 0 Å². The van der Waals surface area contributed by atoms with E-state index in [-0.39, 0.29) is 5.56 Å². The van der Waals surface area contributed by atoms with Crippen molar-refractivity contribution in [3.8, 4) is 11.1 Å². The fourth-order valence-corrected chi connectivity index (χ4v) is 2.05. The minimum atomic E-state index is -4.84. The summed E-state index contributed by atoms with van der Waals surface area (Å²) in [5.74, 6) is -0.795. The Hall–Kier alpha value is -1.88. The van der Waals surface area contributed by atoms with E-state index < -0.39 is 23.7 Å². The highest BCUT2D eigenvalue weighted by Gasteiger charge is 2.41. The first-order valence-corrected chi connectivity index (χ1v) is 5.91. The van der Waals surface area contributed by atoms with Crippen LogP contribution in [0, 0.1) is 12.7 Å². The van der Waals surface area contributed by atoms with E-state index in [0.29, 0.717) is 5.56 Å². The fourth-order valence-electron chi connectivity index (χ4n) is 2.05. The summed E-state index contributed by atoms with van der Waals surface area (Å²) in [6, 6.07) is 9.77. The molecule has 0 aromatic heterocycles. The Morgan fingerprint density at radius 1 is 1.05 bits per heavy atom. The van der Waals surface area contributed by atoms with Gasteiger partial charge in [-0.3, -0.25) is 0 Å². The van der Waals surface area contributed by atoms with Gasteiger partial charge in [-0.05, 0) is 18.6 Å². The number of halogens is 4. The Kier molecular flexibility index (Phi) is 3.81. The van der Waals surface area contributed by atoms with Crippen molar-refractivity contribution in [2.75, 3.05) is 0 Å². The quantitative estimate of drug-likeness (QED) is 0.810. The van der Waals surface area contributed by atoms with Crippen LogP contribution in [-0.4, -0.2) is 11.3 Å². The van der Waals surface area contributed by atoms with E-state index in [1.807, 2.05) is 0 Å². The van der Waals surface area contributed by atoms with Crippen LogP contribution >= 0.6 is 0 Å². The normalized spacial score (nSPS) is 13.3. The van der Waals surface area contributed by atoms with Crippen molar-refractivity contribution in [3.63, 3.8) is 0 Å². The summed E-state index contributed by atoms with van der Waals surface area (Å²) in [4.78, 5) is 0. The number of aliphatic hydroxyl groups is 1. The third-order valence-electron chi connectivity index (χ3n) is 2.96. The molecule has 0 saturated carbocycles. The first kappa shape index (κ1) is 14.5. The molecule has 1 N–H and O–H groups in total. The van der Waals surface area contributed by atoms with Crippen molar-refractivity contribution in [1.82, 2.24) is 0 Å². The maximum absolute atomic E-state index is 13.9. The number of alkyl halides is 3. The van der Waals surface area contributed by atoms with E-state index in [4.69, 9.17) is 0 Å². The maximum atomic E-state index is 13.9. The van der Waals surface area contributed by atoms with Gasteiger partial charge in [0.15, 0.2) is 6.10 Å². The lowest BCUT2D eigenvalue weighted by Crippen LogP contribution is -2.21. The zero-order chi connectivity index (χ0) is 14.9. The van der Waals surface area contributed by atoms with Gasteiger partial charge in [0.25, 0.3) is 0 Å². The van der Waals surface area contributed by atoms with Crippen LogP contribution < -0.4 is 0 Å². The predicted molar refractivity (Wildman–Crippen MR) is 67.6 cm³/mol. The number of aliphatic hydroxyl groups excluding tert-OH is 1. The van der Waals surface area contributed by atoms with E-state index in [9.17, 15) is 22.7 Å². The second kappa shape index (κ2) is 5.25. The van der Waals surface area contributed by atoms with E-state index in [1.165, 1.54) is 6.07 Å². The zero-order valence-electron chi connectivity index (χ0n) is 10.6. The second-order valence-electron chi connectivity index (χ2n) is 4.52. The highest BCUT2D eigenvalue weighted by Crippen LogP contribution is 2.38. The van der Waals surface area contributed by atoms with Gasteiger partial charge < -0.3 is 5.11 Å². The van der Waals surface area contributed by atoms with Crippen molar-refractivity contribution in [3.05, 3.63) is 59.4 Å². The molecule has 0 aliphatic heterocycles. The molecule has 0 fully saturated rings. The highest BCUT2D eigenvalue weighted by atomic mass is 19.4. The summed E-state index contributed by atoms with van der Waals surface area (Å²) >= 11 is 0. The first-order chi connectivity index (χ1) is 9.30. The van der Waals surface area contributed by atoms with Gasteiger partial charge in [-0.2, -0.15) is 13.2 Å². The standard InChI is InChI=1S/C15H12F4O/c1-9-4-2-5-10(8-9)13-11(6-3-7-12(13)16)14(20)15(17,18)19/h2-8,14,20H,1H3. The van der Waals surface area contributed by atoms with Crippen LogP contribution in [0.1, 0.15) is 17.2 Å². The molecule has 1 nitrogen and oxygen atoms in total. The molecule has 0 saturated heterocycles. The summed E-state index contributed by atoms with van der Waals surface area (Å²) in [5, 5.41) is 9.40. The molecule has 0 amide bonds. The van der Waals surface area contributed by atoms with Crippen LogP contribution in [0.15, 0.2) is 42.5 Å². The minimum absolute atomic E-state index is 0.221. The number of benzene rings is 2. The van der Waals surface area contributed by atoms with Crippen LogP contribution in [0.4, 0.5) is 17.6 Å². The molecule has 0 aliphatic rings. The fraction of sp³-hybridized carbons (Fsp3) is 0.200. The molecule has 2 aromatic carbocycles. The molecule has 2 rings (SSSR count). The summed E-state index contributed by atoms with van der Waals surface area (Å²) in [6.07, 6.45) is -7.56. The molecule has 0 bridgehead atoms. The second-order valence-corrected chi connectivity index (χ2v) is 4.52. The molecule has 20 heavy (non-hydrogen) atoms. The van der Waals surface area contributed by atoms with E-state index in [2.05, 4.69) is 0 Å². The number of rotatable bonds is 2. The van der Waals surface area contributed by atoms with Crippen molar-refractivity contribution >= 4 is 0 Å². The Bertz CT molecular complexity index is 620. The summed E-state index contributed by atoms with van der Waals surface area (Å²) in [7, 11) is 0. The third-order valence-corrected chi connectivity index (χ3v) is 2.96. The number of hydrogen-bond donors (Lipinski definition) is 1. The Morgan fingerprint density at radius 3 is 2.30 bits per heavy atom. The first-order valence-electron chi connectivity index (χ1n) is 5.91. The Balaban J connectivity index is 2.64. The average molecular weight is 284 g/mol. The lowest BCUT2D eigenvalue weighted by molar-refractivity contribution is -0.206. The zero-order valence-corrected chi connectivity index (χ0v) is 10.6. The minimum Gasteiger partial charge on any atom is -0.379 e. The maximum Gasteiger partial charge on any atom is 0.418 e. The molecule has 0 radical (unpaired) electrons. The predicted octanol–water partition coefficient (Wildman–Crippen LogP) is 4.40. The van der Waals surface area contributed by atoms with Crippen LogP contribution in [0.3, 0.4) is 0 Å². The topological polar surface area (TPSA) is 20.2 Å². The molecule has 1 atom stereocenters.